The maximum absolute atomic E-state index is 13.1. The number of nitrogens with zero attached hydrogens (tertiary/aromatic N) is 2. The number of alkyl halides is 3. The lowest BCUT2D eigenvalue weighted by molar-refractivity contribution is -0.137. The molecule has 3 rings (SSSR count). The minimum atomic E-state index is -4.53. The molecule has 1 fully saturated rings. The number of piperazine rings is 1. The Morgan fingerprint density at radius 3 is 2.34 bits per heavy atom. The van der Waals surface area contributed by atoms with Crippen LogP contribution >= 0.6 is 11.6 Å². The van der Waals surface area contributed by atoms with Crippen LogP contribution in [0.1, 0.15) is 11.1 Å². The quantitative estimate of drug-likeness (QED) is 0.722. The van der Waals surface area contributed by atoms with Crippen molar-refractivity contribution >= 4 is 23.2 Å². The van der Waals surface area contributed by atoms with Crippen LogP contribution in [0.15, 0.2) is 42.5 Å². The normalized spacial score (nSPS) is 16.0. The topological polar surface area (TPSA) is 35.6 Å². The molecule has 0 aliphatic carbocycles. The third kappa shape index (κ3) is 5.91. The van der Waals surface area contributed by atoms with Gasteiger partial charge in [0.25, 0.3) is 0 Å². The summed E-state index contributed by atoms with van der Waals surface area (Å²) < 4.78 is 52.2. The van der Waals surface area contributed by atoms with Crippen molar-refractivity contribution in [2.45, 2.75) is 12.7 Å². The van der Waals surface area contributed by atoms with Crippen LogP contribution in [0.4, 0.5) is 23.2 Å². The zero-order valence-corrected chi connectivity index (χ0v) is 16.2. The Morgan fingerprint density at radius 2 is 1.69 bits per heavy atom. The van der Waals surface area contributed by atoms with Crippen LogP contribution in [-0.2, 0) is 17.5 Å². The van der Waals surface area contributed by atoms with Gasteiger partial charge in [-0.15, -0.1) is 0 Å². The van der Waals surface area contributed by atoms with Gasteiger partial charge in [0, 0.05) is 37.7 Å². The minimum Gasteiger partial charge on any atom is -0.324 e. The average molecular weight is 430 g/mol. The van der Waals surface area contributed by atoms with E-state index in [0.717, 1.165) is 11.6 Å². The third-order valence-electron chi connectivity index (χ3n) is 4.75. The summed E-state index contributed by atoms with van der Waals surface area (Å²) >= 11 is 6.06. The van der Waals surface area contributed by atoms with Gasteiger partial charge in [0.05, 0.1) is 17.8 Å². The van der Waals surface area contributed by atoms with Crippen molar-refractivity contribution < 1.29 is 22.4 Å². The van der Waals surface area contributed by atoms with E-state index in [1.807, 2.05) is 4.90 Å². The predicted octanol–water partition coefficient (Wildman–Crippen LogP) is 4.25. The van der Waals surface area contributed by atoms with Gasteiger partial charge in [-0.2, -0.15) is 13.2 Å². The van der Waals surface area contributed by atoms with Crippen LogP contribution in [0.3, 0.4) is 0 Å². The fourth-order valence-electron chi connectivity index (χ4n) is 3.23. The number of benzene rings is 2. The van der Waals surface area contributed by atoms with Crippen molar-refractivity contribution in [1.29, 1.82) is 0 Å². The van der Waals surface area contributed by atoms with Gasteiger partial charge < -0.3 is 5.32 Å². The molecule has 9 heteroatoms. The molecular weight excluding hydrogens is 410 g/mol. The average Bonchev–Trinajstić information content (AvgIpc) is 2.65. The summed E-state index contributed by atoms with van der Waals surface area (Å²) in [6, 6.07) is 9.20. The summed E-state index contributed by atoms with van der Waals surface area (Å²) in [5, 5.41) is 2.73. The molecule has 2 aromatic rings. The SMILES string of the molecule is O=C(CN1CCN(Cc2ccc(F)cc2Cl)CC1)Nc1ccccc1C(F)(F)F. The van der Waals surface area contributed by atoms with E-state index in [-0.39, 0.29) is 18.0 Å². The first-order valence-electron chi connectivity index (χ1n) is 9.07. The highest BCUT2D eigenvalue weighted by Crippen LogP contribution is 2.34. The van der Waals surface area contributed by atoms with Gasteiger partial charge >= 0.3 is 6.18 Å². The summed E-state index contributed by atoms with van der Waals surface area (Å²) in [6.07, 6.45) is -4.53. The molecule has 0 unspecified atom stereocenters. The van der Waals surface area contributed by atoms with Crippen LogP contribution in [-0.4, -0.2) is 48.4 Å². The van der Waals surface area contributed by atoms with Crippen LogP contribution in [0, 0.1) is 5.82 Å². The summed E-state index contributed by atoms with van der Waals surface area (Å²) in [6.45, 7) is 3.09. The number of anilines is 1. The van der Waals surface area contributed by atoms with Gasteiger partial charge in [0.1, 0.15) is 5.82 Å². The van der Waals surface area contributed by atoms with Crippen LogP contribution < -0.4 is 5.32 Å². The zero-order chi connectivity index (χ0) is 21.0. The molecule has 156 valence electrons. The molecule has 29 heavy (non-hydrogen) atoms. The highest BCUT2D eigenvalue weighted by atomic mass is 35.5. The van der Waals surface area contributed by atoms with Gasteiger partial charge in [0.2, 0.25) is 5.91 Å². The largest absolute Gasteiger partial charge is 0.418 e. The molecule has 0 saturated carbocycles. The Bertz CT molecular complexity index is 867. The number of rotatable bonds is 5. The molecule has 0 atom stereocenters. The van der Waals surface area contributed by atoms with Crippen molar-refractivity contribution in [3.63, 3.8) is 0 Å². The fraction of sp³-hybridized carbons (Fsp3) is 0.350. The highest BCUT2D eigenvalue weighted by molar-refractivity contribution is 6.31. The molecule has 0 bridgehead atoms. The molecule has 0 aromatic heterocycles. The van der Waals surface area contributed by atoms with Gasteiger partial charge in [0.15, 0.2) is 0 Å². The Hall–Kier alpha value is -2.16. The lowest BCUT2D eigenvalue weighted by atomic mass is 10.1. The molecule has 4 nitrogen and oxygen atoms in total. The number of amides is 1. The zero-order valence-electron chi connectivity index (χ0n) is 15.5. The van der Waals surface area contributed by atoms with Crippen molar-refractivity contribution in [3.05, 3.63) is 64.4 Å². The molecule has 1 heterocycles. The van der Waals surface area contributed by atoms with E-state index in [9.17, 15) is 22.4 Å². The molecule has 1 saturated heterocycles. The Kier molecular flexibility index (Phi) is 6.77. The monoisotopic (exact) mass is 429 g/mol. The van der Waals surface area contributed by atoms with Crippen molar-refractivity contribution in [2.24, 2.45) is 0 Å². The summed E-state index contributed by atoms with van der Waals surface area (Å²) in [5.74, 6) is -0.876. The molecule has 1 aliphatic heterocycles. The molecule has 1 amide bonds. The standard InChI is InChI=1S/C20H20ClF4N3O/c21-17-11-15(22)6-5-14(17)12-27-7-9-28(10-8-27)13-19(29)26-18-4-2-1-3-16(18)20(23,24)25/h1-6,11H,7-10,12-13H2,(H,26,29). The number of hydrogen-bond donors (Lipinski definition) is 1. The van der Waals surface area contributed by atoms with Crippen LogP contribution in [0.25, 0.3) is 0 Å². The lowest BCUT2D eigenvalue weighted by Gasteiger charge is -2.34. The number of para-hydroxylation sites is 1. The second kappa shape index (κ2) is 9.11. The van der Waals surface area contributed by atoms with E-state index in [2.05, 4.69) is 10.2 Å². The van der Waals surface area contributed by atoms with Gasteiger partial charge in [-0.1, -0.05) is 29.8 Å². The molecular formula is C20H20ClF4N3O. The number of carbonyl (C=O) groups is 1. The molecule has 1 aliphatic rings. The summed E-state index contributed by atoms with van der Waals surface area (Å²) in [5.41, 5.74) is -0.285. The van der Waals surface area contributed by atoms with Gasteiger partial charge in [-0.05, 0) is 29.8 Å². The maximum atomic E-state index is 13.1. The Morgan fingerprint density at radius 1 is 1.03 bits per heavy atom. The van der Waals surface area contributed by atoms with E-state index in [1.165, 1.54) is 30.3 Å². The molecule has 2 aromatic carbocycles. The van der Waals surface area contributed by atoms with Crippen molar-refractivity contribution in [2.75, 3.05) is 38.0 Å². The van der Waals surface area contributed by atoms with Crippen LogP contribution in [0.5, 0.6) is 0 Å². The molecule has 0 spiro atoms. The van der Waals surface area contributed by atoms with E-state index < -0.39 is 17.6 Å². The third-order valence-corrected chi connectivity index (χ3v) is 5.10. The summed E-state index contributed by atoms with van der Waals surface area (Å²) in [7, 11) is 0. The Balaban J connectivity index is 1.50. The smallest absolute Gasteiger partial charge is 0.324 e. The number of carbonyl (C=O) groups excluding carboxylic acids is 1. The first-order chi connectivity index (χ1) is 13.7. The van der Waals surface area contributed by atoms with E-state index in [1.54, 1.807) is 6.07 Å². The van der Waals surface area contributed by atoms with Gasteiger partial charge in [-0.25, -0.2) is 4.39 Å². The fourth-order valence-corrected chi connectivity index (χ4v) is 3.46. The van der Waals surface area contributed by atoms with Crippen molar-refractivity contribution in [1.82, 2.24) is 9.80 Å². The van der Waals surface area contributed by atoms with E-state index in [4.69, 9.17) is 11.6 Å². The molecule has 0 radical (unpaired) electrons. The lowest BCUT2D eigenvalue weighted by Crippen LogP contribution is -2.48. The van der Waals surface area contributed by atoms with Crippen LogP contribution in [0.2, 0.25) is 5.02 Å². The summed E-state index contributed by atoms with van der Waals surface area (Å²) in [4.78, 5) is 16.2. The Labute approximate surface area is 171 Å². The number of hydrogen-bond acceptors (Lipinski definition) is 3. The first-order valence-corrected chi connectivity index (χ1v) is 9.45. The second-order valence-corrected chi connectivity index (χ2v) is 7.29. The maximum Gasteiger partial charge on any atom is 0.418 e. The second-order valence-electron chi connectivity index (χ2n) is 6.88. The highest BCUT2D eigenvalue weighted by Gasteiger charge is 2.33. The predicted molar refractivity (Wildman–Crippen MR) is 103 cm³/mol. The van der Waals surface area contributed by atoms with Crippen molar-refractivity contribution in [3.8, 4) is 0 Å². The van der Waals surface area contributed by atoms with E-state index in [0.29, 0.717) is 37.7 Å². The molecule has 1 N–H and O–H groups in total. The number of nitrogens with one attached hydrogen (secondary N) is 1. The first kappa shape index (κ1) is 21.5. The van der Waals surface area contributed by atoms with Gasteiger partial charge in [-0.3, -0.25) is 14.6 Å². The minimum absolute atomic E-state index is 0.0112. The number of halogens is 5. The van der Waals surface area contributed by atoms with E-state index >= 15 is 0 Å².